The van der Waals surface area contributed by atoms with E-state index in [1.54, 1.807) is 11.3 Å². The standard InChI is InChI=1S/C17H15FN6O2S.ClH/c18-6-11(7-19)8-24-17(25)23(10-20-24)9-13-2-4-16(27-13)12-1-3-14-15(5-12)22-26-21-14;/h1-6,10H,7-9,19H2;1H/b11-6-;. The molecule has 4 rings (SSSR count). The molecule has 0 saturated heterocycles. The average molecular weight is 423 g/mol. The van der Waals surface area contributed by atoms with E-state index >= 15 is 0 Å². The molecule has 0 atom stereocenters. The second-order valence-corrected chi connectivity index (χ2v) is 7.07. The lowest BCUT2D eigenvalue weighted by Crippen LogP contribution is -2.26. The Morgan fingerprint density at radius 3 is 2.86 bits per heavy atom. The summed E-state index contributed by atoms with van der Waals surface area (Å²) in [5, 5.41) is 11.7. The lowest BCUT2D eigenvalue weighted by atomic mass is 10.1. The lowest BCUT2D eigenvalue weighted by molar-refractivity contribution is 0.315. The van der Waals surface area contributed by atoms with Crippen molar-refractivity contribution in [2.24, 2.45) is 5.73 Å². The van der Waals surface area contributed by atoms with E-state index in [0.29, 0.717) is 29.5 Å². The quantitative estimate of drug-likeness (QED) is 0.512. The number of thiophene rings is 1. The van der Waals surface area contributed by atoms with E-state index in [-0.39, 0.29) is 31.2 Å². The van der Waals surface area contributed by atoms with Crippen molar-refractivity contribution in [3.63, 3.8) is 0 Å². The number of benzene rings is 1. The van der Waals surface area contributed by atoms with Crippen molar-refractivity contribution in [2.45, 2.75) is 13.1 Å². The zero-order valence-electron chi connectivity index (χ0n) is 14.5. The van der Waals surface area contributed by atoms with Crippen LogP contribution in [-0.2, 0) is 13.1 Å². The van der Waals surface area contributed by atoms with Gasteiger partial charge in [-0.2, -0.15) is 5.10 Å². The minimum atomic E-state index is -0.312. The fourth-order valence-corrected chi connectivity index (χ4v) is 3.65. The molecule has 0 amide bonds. The lowest BCUT2D eigenvalue weighted by Gasteiger charge is -2.01. The molecular weight excluding hydrogens is 407 g/mol. The van der Waals surface area contributed by atoms with Crippen molar-refractivity contribution in [2.75, 3.05) is 6.54 Å². The first-order valence-electron chi connectivity index (χ1n) is 8.10. The van der Waals surface area contributed by atoms with Gasteiger partial charge in [0.1, 0.15) is 17.4 Å². The smallest absolute Gasteiger partial charge is 0.327 e. The number of fused-ring (bicyclic) bond motifs is 1. The molecule has 0 fully saturated rings. The molecule has 4 aromatic rings. The maximum Gasteiger partial charge on any atom is 0.346 e. The number of hydrogen-bond donors (Lipinski definition) is 1. The van der Waals surface area contributed by atoms with Gasteiger partial charge in [0.15, 0.2) is 0 Å². The van der Waals surface area contributed by atoms with Gasteiger partial charge in [-0.05, 0) is 45.7 Å². The molecule has 0 aliphatic heterocycles. The molecule has 0 aliphatic rings. The number of nitrogens with zero attached hydrogens (tertiary/aromatic N) is 5. The summed E-state index contributed by atoms with van der Waals surface area (Å²) >= 11 is 1.57. The van der Waals surface area contributed by atoms with Gasteiger partial charge in [-0.25, -0.2) is 18.5 Å². The Morgan fingerprint density at radius 1 is 1.25 bits per heavy atom. The Labute approximate surface area is 168 Å². The highest BCUT2D eigenvalue weighted by atomic mass is 35.5. The first-order chi connectivity index (χ1) is 13.2. The van der Waals surface area contributed by atoms with Crippen molar-refractivity contribution in [1.29, 1.82) is 0 Å². The van der Waals surface area contributed by atoms with Crippen molar-refractivity contribution in [3.05, 3.63) is 63.9 Å². The summed E-state index contributed by atoms with van der Waals surface area (Å²) in [5.74, 6) is 0. The van der Waals surface area contributed by atoms with Crippen LogP contribution in [0.3, 0.4) is 0 Å². The topological polar surface area (TPSA) is 105 Å². The average Bonchev–Trinajstić information content (AvgIpc) is 3.41. The first kappa shape index (κ1) is 19.9. The minimum absolute atomic E-state index is 0. The Balaban J connectivity index is 0.00000225. The van der Waals surface area contributed by atoms with E-state index in [9.17, 15) is 9.18 Å². The molecule has 0 radical (unpaired) electrons. The number of aromatic nitrogens is 5. The third kappa shape index (κ3) is 3.88. The Hall–Kier alpha value is -2.82. The maximum absolute atomic E-state index is 12.7. The molecule has 0 unspecified atom stereocenters. The van der Waals surface area contributed by atoms with Crippen molar-refractivity contribution >= 4 is 34.8 Å². The van der Waals surface area contributed by atoms with Crippen LogP contribution in [0.1, 0.15) is 4.88 Å². The zero-order valence-corrected chi connectivity index (χ0v) is 16.1. The molecule has 146 valence electrons. The summed E-state index contributed by atoms with van der Waals surface area (Å²) in [4.78, 5) is 14.4. The normalized spacial score (nSPS) is 11.7. The largest absolute Gasteiger partial charge is 0.346 e. The summed E-state index contributed by atoms with van der Waals surface area (Å²) in [6.45, 7) is 0.463. The third-order valence-corrected chi connectivity index (χ3v) is 5.21. The third-order valence-electron chi connectivity index (χ3n) is 4.09. The second-order valence-electron chi connectivity index (χ2n) is 5.90. The van der Waals surface area contributed by atoms with Gasteiger partial charge in [0.2, 0.25) is 0 Å². The van der Waals surface area contributed by atoms with Crippen LogP contribution in [-0.4, -0.2) is 31.2 Å². The number of nitrogens with two attached hydrogens (primary N) is 1. The molecule has 28 heavy (non-hydrogen) atoms. The first-order valence-corrected chi connectivity index (χ1v) is 8.91. The SMILES string of the molecule is Cl.NC/C(=C/F)Cn1ncn(Cc2ccc(-c3ccc4nonc4c3)s2)c1=O. The van der Waals surface area contributed by atoms with Gasteiger partial charge in [0.05, 0.1) is 19.4 Å². The number of hydrogen-bond acceptors (Lipinski definition) is 7. The van der Waals surface area contributed by atoms with Crippen LogP contribution in [0.2, 0.25) is 0 Å². The summed E-state index contributed by atoms with van der Waals surface area (Å²) in [6, 6.07) is 9.65. The van der Waals surface area contributed by atoms with E-state index in [4.69, 9.17) is 10.4 Å². The van der Waals surface area contributed by atoms with Gasteiger partial charge in [-0.3, -0.25) is 4.57 Å². The predicted molar refractivity (Wildman–Crippen MR) is 106 cm³/mol. The number of halogens is 2. The van der Waals surface area contributed by atoms with E-state index in [1.165, 1.54) is 15.6 Å². The van der Waals surface area contributed by atoms with Gasteiger partial charge in [0, 0.05) is 16.3 Å². The van der Waals surface area contributed by atoms with Gasteiger partial charge in [-0.15, -0.1) is 23.7 Å². The van der Waals surface area contributed by atoms with Crippen molar-refractivity contribution in [1.82, 2.24) is 24.7 Å². The van der Waals surface area contributed by atoms with Crippen molar-refractivity contribution in [3.8, 4) is 10.4 Å². The monoisotopic (exact) mass is 422 g/mol. The van der Waals surface area contributed by atoms with Crippen LogP contribution < -0.4 is 11.4 Å². The van der Waals surface area contributed by atoms with E-state index < -0.39 is 0 Å². The molecule has 1 aromatic carbocycles. The molecule has 0 saturated carbocycles. The molecule has 2 N–H and O–H groups in total. The summed E-state index contributed by atoms with van der Waals surface area (Å²) in [7, 11) is 0. The molecule has 0 spiro atoms. The Bertz CT molecular complexity index is 1180. The molecule has 3 heterocycles. The molecule has 0 aliphatic carbocycles. The molecule has 8 nitrogen and oxygen atoms in total. The van der Waals surface area contributed by atoms with E-state index in [0.717, 1.165) is 15.3 Å². The van der Waals surface area contributed by atoms with Crippen LogP contribution >= 0.6 is 23.7 Å². The molecule has 3 aromatic heterocycles. The van der Waals surface area contributed by atoms with Crippen LogP contribution in [0.5, 0.6) is 0 Å². The van der Waals surface area contributed by atoms with E-state index in [2.05, 4.69) is 15.4 Å². The highest BCUT2D eigenvalue weighted by Gasteiger charge is 2.10. The van der Waals surface area contributed by atoms with Gasteiger partial charge in [0.25, 0.3) is 0 Å². The fourth-order valence-electron chi connectivity index (χ4n) is 2.65. The molecule has 11 heteroatoms. The minimum Gasteiger partial charge on any atom is -0.327 e. The Kier molecular flexibility index (Phi) is 6.02. The zero-order chi connectivity index (χ0) is 18.8. The number of rotatable bonds is 6. The second kappa shape index (κ2) is 8.46. The van der Waals surface area contributed by atoms with Crippen LogP contribution in [0, 0.1) is 0 Å². The molecular formula is C17H16ClFN6O2S. The highest BCUT2D eigenvalue weighted by molar-refractivity contribution is 7.15. The van der Waals surface area contributed by atoms with Crippen molar-refractivity contribution < 1.29 is 9.02 Å². The predicted octanol–water partition coefficient (Wildman–Crippen LogP) is 2.59. The summed E-state index contributed by atoms with van der Waals surface area (Å²) < 4.78 is 20.1. The highest BCUT2D eigenvalue weighted by Crippen LogP contribution is 2.30. The Morgan fingerprint density at radius 2 is 2.07 bits per heavy atom. The van der Waals surface area contributed by atoms with Gasteiger partial charge in [-0.1, -0.05) is 6.07 Å². The fraction of sp³-hybridized carbons (Fsp3) is 0.176. The van der Waals surface area contributed by atoms with Crippen LogP contribution in [0.25, 0.3) is 21.5 Å². The van der Waals surface area contributed by atoms with Gasteiger partial charge >= 0.3 is 5.69 Å². The van der Waals surface area contributed by atoms with E-state index in [1.807, 2.05) is 30.3 Å². The maximum atomic E-state index is 12.7. The van der Waals surface area contributed by atoms with Crippen LogP contribution in [0.4, 0.5) is 4.39 Å². The van der Waals surface area contributed by atoms with Gasteiger partial charge < -0.3 is 5.73 Å². The van der Waals surface area contributed by atoms with Crippen LogP contribution in [0.15, 0.2) is 58.0 Å². The molecule has 0 bridgehead atoms. The summed E-state index contributed by atoms with van der Waals surface area (Å²) in [5.41, 5.74) is 7.81. The summed E-state index contributed by atoms with van der Waals surface area (Å²) in [6.07, 6.45) is 1.86.